The number of nitrogens with zero attached hydrogens (tertiary/aromatic N) is 1. The summed E-state index contributed by atoms with van der Waals surface area (Å²) in [6.45, 7) is 3.39. The average molecular weight is 512 g/mol. The highest BCUT2D eigenvalue weighted by atomic mass is 35.5. The summed E-state index contributed by atoms with van der Waals surface area (Å²) < 4.78 is 0. The lowest BCUT2D eigenvalue weighted by Crippen LogP contribution is -2.45. The number of rotatable bonds is 9. The normalized spacial score (nSPS) is 15.6. The van der Waals surface area contributed by atoms with Crippen LogP contribution in [-0.2, 0) is 10.8 Å². The molecule has 3 heteroatoms. The highest BCUT2D eigenvalue weighted by molar-refractivity contribution is 5.85. The van der Waals surface area contributed by atoms with Gasteiger partial charge in [0.2, 0.25) is 0 Å². The fourth-order valence-corrected chi connectivity index (χ4v) is 6.32. The molecule has 0 spiro atoms. The lowest BCUT2D eigenvalue weighted by atomic mass is 9.67. The van der Waals surface area contributed by atoms with Crippen molar-refractivity contribution in [2.24, 2.45) is 0 Å². The van der Waals surface area contributed by atoms with Crippen LogP contribution in [0.5, 0.6) is 0 Å². The van der Waals surface area contributed by atoms with Gasteiger partial charge >= 0.3 is 0 Å². The third-order valence-corrected chi connectivity index (χ3v) is 8.39. The zero-order chi connectivity index (χ0) is 24.7. The third kappa shape index (κ3) is 5.67. The van der Waals surface area contributed by atoms with E-state index in [4.69, 9.17) is 0 Å². The summed E-state index contributed by atoms with van der Waals surface area (Å²) in [5.74, 6) is 0. The quantitative estimate of drug-likeness (QED) is 0.239. The number of benzene rings is 4. The topological polar surface area (TPSA) is 23.5 Å². The fraction of sp³-hybridized carbons (Fsp3) is 0.294. The second kappa shape index (κ2) is 12.6. The van der Waals surface area contributed by atoms with Gasteiger partial charge in [-0.25, -0.2) is 0 Å². The van der Waals surface area contributed by atoms with Crippen molar-refractivity contribution in [2.75, 3.05) is 26.2 Å². The second-order valence-corrected chi connectivity index (χ2v) is 10.2. The van der Waals surface area contributed by atoms with Crippen LogP contribution in [-0.4, -0.2) is 36.2 Å². The minimum Gasteiger partial charge on any atom is -0.396 e. The molecule has 0 aromatic heterocycles. The van der Waals surface area contributed by atoms with Gasteiger partial charge in [-0.3, -0.25) is 0 Å². The first kappa shape index (κ1) is 27.1. The molecule has 4 aromatic rings. The van der Waals surface area contributed by atoms with Gasteiger partial charge in [0.05, 0.1) is 0 Å². The van der Waals surface area contributed by atoms with Crippen LogP contribution in [0.4, 0.5) is 0 Å². The Morgan fingerprint density at radius 2 is 1.03 bits per heavy atom. The van der Waals surface area contributed by atoms with Crippen molar-refractivity contribution in [1.82, 2.24) is 4.90 Å². The van der Waals surface area contributed by atoms with Gasteiger partial charge in [-0.1, -0.05) is 121 Å². The van der Waals surface area contributed by atoms with Gasteiger partial charge in [0.25, 0.3) is 0 Å². The molecule has 0 aliphatic carbocycles. The number of halogens is 1. The summed E-state index contributed by atoms with van der Waals surface area (Å²) in [7, 11) is 0. The number of aliphatic hydroxyl groups excluding tert-OH is 1. The summed E-state index contributed by atoms with van der Waals surface area (Å²) in [4.78, 5) is 2.64. The Morgan fingerprint density at radius 3 is 1.43 bits per heavy atom. The Balaban J connectivity index is 0.00000320. The van der Waals surface area contributed by atoms with Crippen molar-refractivity contribution in [1.29, 1.82) is 0 Å². The van der Waals surface area contributed by atoms with Crippen molar-refractivity contribution in [3.8, 4) is 0 Å². The van der Waals surface area contributed by atoms with Gasteiger partial charge in [0, 0.05) is 12.0 Å². The number of aliphatic hydroxyl groups is 1. The highest BCUT2D eigenvalue weighted by Gasteiger charge is 2.39. The van der Waals surface area contributed by atoms with Crippen molar-refractivity contribution < 1.29 is 5.11 Å². The lowest BCUT2D eigenvalue weighted by molar-refractivity contribution is 0.127. The zero-order valence-electron chi connectivity index (χ0n) is 21.5. The van der Waals surface area contributed by atoms with E-state index in [1.165, 1.54) is 22.3 Å². The van der Waals surface area contributed by atoms with Crippen molar-refractivity contribution in [3.05, 3.63) is 144 Å². The number of hydrogen-bond donors (Lipinski definition) is 1. The monoisotopic (exact) mass is 511 g/mol. The van der Waals surface area contributed by atoms with Gasteiger partial charge in [-0.2, -0.15) is 0 Å². The summed E-state index contributed by atoms with van der Waals surface area (Å²) in [5, 5.41) is 9.89. The van der Waals surface area contributed by atoms with Crippen LogP contribution in [0.3, 0.4) is 0 Å². The van der Waals surface area contributed by atoms with E-state index in [-0.39, 0.29) is 29.8 Å². The highest BCUT2D eigenvalue weighted by Crippen LogP contribution is 2.43. The Bertz CT molecular complexity index is 1090. The van der Waals surface area contributed by atoms with Crippen LogP contribution in [0.1, 0.15) is 47.9 Å². The molecule has 2 nitrogen and oxygen atoms in total. The Morgan fingerprint density at radius 1 is 0.622 bits per heavy atom. The largest absolute Gasteiger partial charge is 0.396 e. The maximum absolute atomic E-state index is 9.89. The molecule has 0 atom stereocenters. The van der Waals surface area contributed by atoms with E-state index in [0.717, 1.165) is 45.3 Å². The van der Waals surface area contributed by atoms with Gasteiger partial charge in [0.15, 0.2) is 0 Å². The van der Waals surface area contributed by atoms with Crippen molar-refractivity contribution >= 4 is 12.4 Å². The van der Waals surface area contributed by atoms with Crippen molar-refractivity contribution in [2.45, 2.75) is 36.5 Å². The molecule has 192 valence electrons. The summed E-state index contributed by atoms with van der Waals surface area (Å²) in [6.07, 6.45) is 4.04. The predicted molar refractivity (Wildman–Crippen MR) is 157 cm³/mol. The second-order valence-electron chi connectivity index (χ2n) is 10.2. The Hall–Kier alpha value is -2.91. The molecule has 0 unspecified atom stereocenters. The molecule has 1 saturated heterocycles. The van der Waals surface area contributed by atoms with E-state index in [0.29, 0.717) is 0 Å². The van der Waals surface area contributed by atoms with Gasteiger partial charge in [-0.15, -0.1) is 12.4 Å². The molecule has 1 N–H and O–H groups in total. The van der Waals surface area contributed by atoms with Gasteiger partial charge in [-0.05, 0) is 73.0 Å². The molecule has 37 heavy (non-hydrogen) atoms. The van der Waals surface area contributed by atoms with Crippen LogP contribution >= 0.6 is 12.4 Å². The smallest absolute Gasteiger partial charge is 0.0463 e. The number of likely N-dealkylation sites (tertiary alicyclic amines) is 1. The molecule has 1 aliphatic rings. The predicted octanol–water partition coefficient (Wildman–Crippen LogP) is 7.25. The first-order chi connectivity index (χ1) is 17.8. The zero-order valence-corrected chi connectivity index (χ0v) is 22.3. The van der Waals surface area contributed by atoms with E-state index in [2.05, 4.69) is 126 Å². The lowest BCUT2D eigenvalue weighted by Gasteiger charge is -2.44. The van der Waals surface area contributed by atoms with Crippen LogP contribution in [0.2, 0.25) is 0 Å². The van der Waals surface area contributed by atoms with E-state index < -0.39 is 0 Å². The van der Waals surface area contributed by atoms with Crippen LogP contribution in [0.15, 0.2) is 121 Å². The standard InChI is InChI=1S/C34H37NO.ClH/c36-28-24-33(29-13-5-1-6-14-29)21-25-35(26-22-33)27-23-34(30-15-7-2-8-16-30,31-17-9-3-10-18-31)32-19-11-4-12-20-32;/h1-20,36H,21-28H2;1H. The molecule has 5 rings (SSSR count). The molecule has 0 bridgehead atoms. The molecular weight excluding hydrogens is 474 g/mol. The van der Waals surface area contributed by atoms with E-state index >= 15 is 0 Å². The van der Waals surface area contributed by atoms with E-state index in [9.17, 15) is 5.11 Å². The van der Waals surface area contributed by atoms with Crippen molar-refractivity contribution in [3.63, 3.8) is 0 Å². The summed E-state index contributed by atoms with van der Waals surface area (Å²) in [5.41, 5.74) is 5.30. The summed E-state index contributed by atoms with van der Waals surface area (Å²) >= 11 is 0. The SMILES string of the molecule is Cl.OCCC1(c2ccccc2)CCN(CCC(c2ccccc2)(c2ccccc2)c2ccccc2)CC1. The van der Waals surface area contributed by atoms with E-state index in [1.807, 2.05) is 0 Å². The van der Waals surface area contributed by atoms with E-state index in [1.54, 1.807) is 0 Å². The Labute approximate surface area is 228 Å². The maximum Gasteiger partial charge on any atom is 0.0463 e. The average Bonchev–Trinajstić information content (AvgIpc) is 2.97. The fourth-order valence-electron chi connectivity index (χ4n) is 6.32. The summed E-state index contributed by atoms with van der Waals surface area (Å²) in [6, 6.07) is 43.9. The molecule has 1 fully saturated rings. The van der Waals surface area contributed by atoms with Gasteiger partial charge in [0.1, 0.15) is 0 Å². The number of piperidine rings is 1. The molecule has 0 amide bonds. The Kier molecular flexibility index (Phi) is 9.21. The molecule has 1 heterocycles. The molecule has 0 radical (unpaired) electrons. The third-order valence-electron chi connectivity index (χ3n) is 8.39. The number of hydrogen-bond acceptors (Lipinski definition) is 2. The molecular formula is C34H38ClNO. The molecule has 0 saturated carbocycles. The molecule has 1 aliphatic heterocycles. The van der Waals surface area contributed by atoms with Gasteiger partial charge < -0.3 is 10.0 Å². The maximum atomic E-state index is 9.89. The van der Waals surface area contributed by atoms with Crippen LogP contribution < -0.4 is 0 Å². The first-order valence-electron chi connectivity index (χ1n) is 13.3. The minimum absolute atomic E-state index is 0. The molecule has 4 aromatic carbocycles. The van der Waals surface area contributed by atoms with Crippen LogP contribution in [0.25, 0.3) is 0 Å². The minimum atomic E-state index is -0.206. The van der Waals surface area contributed by atoms with Crippen LogP contribution in [0, 0.1) is 0 Å². The first-order valence-corrected chi connectivity index (χ1v) is 13.3.